The zero-order chi connectivity index (χ0) is 20.3. The van der Waals surface area contributed by atoms with E-state index in [1.807, 2.05) is 18.6 Å². The first-order chi connectivity index (χ1) is 14.1. The van der Waals surface area contributed by atoms with Crippen molar-refractivity contribution in [3.63, 3.8) is 0 Å². The van der Waals surface area contributed by atoms with Crippen molar-refractivity contribution in [2.75, 3.05) is 44.7 Å². The fourth-order valence-electron chi connectivity index (χ4n) is 5.16. The van der Waals surface area contributed by atoms with E-state index in [0.717, 1.165) is 57.8 Å². The van der Waals surface area contributed by atoms with Gasteiger partial charge in [-0.3, -0.25) is 4.79 Å². The normalized spacial score (nSPS) is 24.2. The first kappa shape index (κ1) is 20.5. The van der Waals surface area contributed by atoms with Crippen molar-refractivity contribution < 1.29 is 4.79 Å². The number of aryl methyl sites for hydroxylation is 2. The van der Waals surface area contributed by atoms with Gasteiger partial charge in [0.1, 0.15) is 5.82 Å². The molecule has 0 spiro atoms. The van der Waals surface area contributed by atoms with Crippen LogP contribution in [0.5, 0.6) is 0 Å². The summed E-state index contributed by atoms with van der Waals surface area (Å²) in [7, 11) is 2.07. The van der Waals surface area contributed by atoms with Gasteiger partial charge in [-0.2, -0.15) is 11.8 Å². The van der Waals surface area contributed by atoms with Crippen molar-refractivity contribution in [2.24, 2.45) is 18.4 Å². The molecule has 0 N–H and O–H groups in total. The highest BCUT2D eigenvalue weighted by Crippen LogP contribution is 2.46. The predicted octanol–water partition coefficient (Wildman–Crippen LogP) is 2.72. The number of amides is 1. The highest BCUT2D eigenvalue weighted by Gasteiger charge is 2.52. The van der Waals surface area contributed by atoms with E-state index in [0.29, 0.717) is 17.6 Å². The molecule has 2 saturated heterocycles. The molecule has 2 aliphatic rings. The number of rotatable bonds is 8. The van der Waals surface area contributed by atoms with Crippen molar-refractivity contribution >= 4 is 17.7 Å². The standard InChI is InChI=1S/C23H32N4OS/c1-25-13-11-24-21(25)9-12-26-14-20-15-27(22(28)16-29-2)18-23(20,17-26)10-8-19-6-4-3-5-7-19/h3-7,11,13,20H,8-10,12,14-18H2,1-2H3. The zero-order valence-corrected chi connectivity index (χ0v) is 18.4. The van der Waals surface area contributed by atoms with Gasteiger partial charge in [-0.05, 0) is 30.6 Å². The van der Waals surface area contributed by atoms with Gasteiger partial charge in [0.15, 0.2) is 0 Å². The molecule has 2 aliphatic heterocycles. The van der Waals surface area contributed by atoms with E-state index in [1.165, 1.54) is 5.56 Å². The van der Waals surface area contributed by atoms with Crippen molar-refractivity contribution in [1.29, 1.82) is 0 Å². The Kier molecular flexibility index (Phi) is 6.30. The second-order valence-corrected chi connectivity index (χ2v) is 9.56. The Morgan fingerprint density at radius 1 is 1.21 bits per heavy atom. The van der Waals surface area contributed by atoms with Gasteiger partial charge in [0, 0.05) is 64.0 Å². The highest BCUT2D eigenvalue weighted by atomic mass is 32.2. The molecule has 1 amide bonds. The lowest BCUT2D eigenvalue weighted by molar-refractivity contribution is -0.128. The number of carbonyl (C=O) groups is 1. The quantitative estimate of drug-likeness (QED) is 0.669. The third-order valence-electron chi connectivity index (χ3n) is 6.78. The summed E-state index contributed by atoms with van der Waals surface area (Å²) >= 11 is 1.63. The molecule has 0 bridgehead atoms. The van der Waals surface area contributed by atoms with Crippen molar-refractivity contribution in [2.45, 2.75) is 19.3 Å². The second-order valence-electron chi connectivity index (χ2n) is 8.69. The molecule has 0 aliphatic carbocycles. The minimum atomic E-state index is 0.228. The van der Waals surface area contributed by atoms with Crippen LogP contribution < -0.4 is 0 Å². The van der Waals surface area contributed by atoms with Gasteiger partial charge in [0.25, 0.3) is 0 Å². The first-order valence-corrected chi connectivity index (χ1v) is 12.0. The van der Waals surface area contributed by atoms with Crippen LogP contribution in [0.1, 0.15) is 17.8 Å². The average molecular weight is 413 g/mol. The summed E-state index contributed by atoms with van der Waals surface area (Å²) in [6.07, 6.45) is 9.15. The topological polar surface area (TPSA) is 41.4 Å². The molecule has 3 heterocycles. The van der Waals surface area contributed by atoms with Gasteiger partial charge >= 0.3 is 0 Å². The number of nitrogens with zero attached hydrogens (tertiary/aromatic N) is 4. The number of carbonyl (C=O) groups excluding carboxylic acids is 1. The van der Waals surface area contributed by atoms with Crippen LogP contribution in [0.3, 0.4) is 0 Å². The molecular weight excluding hydrogens is 380 g/mol. The summed E-state index contributed by atoms with van der Waals surface area (Å²) in [6.45, 7) is 5.09. The van der Waals surface area contributed by atoms with E-state index in [-0.39, 0.29) is 5.41 Å². The molecule has 2 atom stereocenters. The maximum absolute atomic E-state index is 12.6. The molecule has 0 radical (unpaired) electrons. The number of imidazole rings is 1. The Balaban J connectivity index is 1.43. The van der Waals surface area contributed by atoms with E-state index in [1.54, 1.807) is 11.8 Å². The maximum Gasteiger partial charge on any atom is 0.232 e. The molecule has 5 nitrogen and oxygen atoms in total. The fourth-order valence-corrected chi connectivity index (χ4v) is 5.59. The van der Waals surface area contributed by atoms with Crippen LogP contribution in [-0.4, -0.2) is 70.0 Å². The molecule has 1 aromatic carbocycles. The second kappa shape index (κ2) is 8.92. The third kappa shape index (κ3) is 4.53. The van der Waals surface area contributed by atoms with Crippen LogP contribution in [0.4, 0.5) is 0 Å². The molecule has 1 aromatic heterocycles. The van der Waals surface area contributed by atoms with Gasteiger partial charge in [-0.15, -0.1) is 0 Å². The number of thioether (sulfide) groups is 1. The lowest BCUT2D eigenvalue weighted by Gasteiger charge is -2.30. The molecule has 2 aromatic rings. The largest absolute Gasteiger partial charge is 0.341 e. The lowest BCUT2D eigenvalue weighted by Crippen LogP contribution is -2.38. The zero-order valence-electron chi connectivity index (χ0n) is 17.6. The van der Waals surface area contributed by atoms with Crippen molar-refractivity contribution in [3.8, 4) is 0 Å². The van der Waals surface area contributed by atoms with Gasteiger partial charge in [0.2, 0.25) is 5.91 Å². The van der Waals surface area contributed by atoms with Crippen LogP contribution in [0.2, 0.25) is 0 Å². The Morgan fingerprint density at radius 2 is 2.03 bits per heavy atom. The first-order valence-electron chi connectivity index (χ1n) is 10.6. The fraction of sp³-hybridized carbons (Fsp3) is 0.565. The minimum absolute atomic E-state index is 0.228. The predicted molar refractivity (Wildman–Crippen MR) is 119 cm³/mol. The van der Waals surface area contributed by atoms with Gasteiger partial charge in [-0.1, -0.05) is 30.3 Å². The van der Waals surface area contributed by atoms with Gasteiger partial charge in [-0.25, -0.2) is 4.98 Å². The smallest absolute Gasteiger partial charge is 0.232 e. The van der Waals surface area contributed by atoms with E-state index >= 15 is 0 Å². The van der Waals surface area contributed by atoms with E-state index < -0.39 is 0 Å². The number of hydrogen-bond acceptors (Lipinski definition) is 4. The molecule has 29 heavy (non-hydrogen) atoms. The van der Waals surface area contributed by atoms with E-state index in [4.69, 9.17) is 0 Å². The van der Waals surface area contributed by atoms with Gasteiger partial charge in [0.05, 0.1) is 5.75 Å². The SMILES string of the molecule is CSCC(=O)N1CC2CN(CCc3nccn3C)CC2(CCc2ccccc2)C1. The van der Waals surface area contributed by atoms with Crippen LogP contribution in [0.15, 0.2) is 42.7 Å². The number of likely N-dealkylation sites (tertiary alicyclic amines) is 2. The Bertz CT molecular complexity index is 823. The molecular formula is C23H32N4OS. The maximum atomic E-state index is 12.6. The van der Waals surface area contributed by atoms with Gasteiger partial charge < -0.3 is 14.4 Å². The summed E-state index contributed by atoms with van der Waals surface area (Å²) in [5.74, 6) is 2.64. The van der Waals surface area contributed by atoms with Crippen molar-refractivity contribution in [3.05, 3.63) is 54.1 Å². The van der Waals surface area contributed by atoms with Crippen LogP contribution >= 0.6 is 11.8 Å². The van der Waals surface area contributed by atoms with E-state index in [2.05, 4.69) is 56.7 Å². The summed E-state index contributed by atoms with van der Waals surface area (Å²) < 4.78 is 2.12. The molecule has 0 saturated carbocycles. The summed E-state index contributed by atoms with van der Waals surface area (Å²) in [5, 5.41) is 0. The molecule has 2 unspecified atom stereocenters. The summed E-state index contributed by atoms with van der Waals surface area (Å²) in [4.78, 5) is 21.8. The molecule has 6 heteroatoms. The van der Waals surface area contributed by atoms with E-state index in [9.17, 15) is 4.79 Å². The summed E-state index contributed by atoms with van der Waals surface area (Å²) in [6, 6.07) is 10.8. The monoisotopic (exact) mass is 412 g/mol. The van der Waals surface area contributed by atoms with Crippen LogP contribution in [-0.2, 0) is 24.7 Å². The summed E-state index contributed by atoms with van der Waals surface area (Å²) in [5.41, 5.74) is 1.63. The average Bonchev–Trinajstić information content (AvgIpc) is 3.38. The molecule has 156 valence electrons. The van der Waals surface area contributed by atoms with Crippen molar-refractivity contribution in [1.82, 2.24) is 19.4 Å². The number of benzene rings is 1. The van der Waals surface area contributed by atoms with Crippen LogP contribution in [0, 0.1) is 11.3 Å². The van der Waals surface area contributed by atoms with Crippen LogP contribution in [0.25, 0.3) is 0 Å². The third-order valence-corrected chi connectivity index (χ3v) is 7.31. The number of fused-ring (bicyclic) bond motifs is 1. The Hall–Kier alpha value is -1.79. The lowest BCUT2D eigenvalue weighted by atomic mass is 9.76. The Labute approximate surface area is 178 Å². The molecule has 4 rings (SSSR count). The Morgan fingerprint density at radius 3 is 2.76 bits per heavy atom. The highest BCUT2D eigenvalue weighted by molar-refractivity contribution is 7.99. The molecule has 2 fully saturated rings. The number of aromatic nitrogens is 2. The minimum Gasteiger partial charge on any atom is -0.341 e. The number of hydrogen-bond donors (Lipinski definition) is 0.